The molecule has 0 fully saturated rings. The van der Waals surface area contributed by atoms with Gasteiger partial charge >= 0.3 is 6.02 Å². The number of carbonyl (C=O) groups is 1. The summed E-state index contributed by atoms with van der Waals surface area (Å²) in [6, 6.07) is 5.21. The minimum absolute atomic E-state index is 0.0689. The van der Waals surface area contributed by atoms with Crippen LogP contribution in [0.3, 0.4) is 0 Å². The first kappa shape index (κ1) is 9.83. The molecular formula is C11H9N4O2. The van der Waals surface area contributed by atoms with Crippen molar-refractivity contribution in [1.29, 1.82) is 0 Å². The summed E-state index contributed by atoms with van der Waals surface area (Å²) >= 11 is 0. The zero-order chi connectivity index (χ0) is 11.8. The molecule has 1 amide bonds. The Labute approximate surface area is 97.1 Å². The van der Waals surface area contributed by atoms with Crippen LogP contribution in [0, 0.1) is 0 Å². The molecule has 2 aliphatic rings. The zero-order valence-corrected chi connectivity index (χ0v) is 8.84. The summed E-state index contributed by atoms with van der Waals surface area (Å²) in [5, 5.41) is 17.0. The molecule has 0 bridgehead atoms. The maximum Gasteiger partial charge on any atom is 0.315 e. The van der Waals surface area contributed by atoms with E-state index in [2.05, 4.69) is 20.8 Å². The van der Waals surface area contributed by atoms with E-state index in [1.807, 2.05) is 6.07 Å². The number of hydrazone groups is 1. The molecule has 85 valence electrons. The molecule has 1 aromatic carbocycles. The maximum absolute atomic E-state index is 11.0. The molecule has 1 aromatic rings. The number of carbonyl (C=O) groups excluding carboxylic acids is 1. The van der Waals surface area contributed by atoms with Crippen molar-refractivity contribution in [2.45, 2.75) is 12.8 Å². The van der Waals surface area contributed by atoms with Crippen LogP contribution in [-0.2, 0) is 4.79 Å². The third kappa shape index (κ3) is 1.73. The number of amides is 1. The second kappa shape index (κ2) is 3.58. The lowest BCUT2D eigenvalue weighted by Crippen LogP contribution is -2.25. The monoisotopic (exact) mass is 229 g/mol. The molecule has 0 atom stereocenters. The number of aliphatic hydroxyl groups is 1. The third-order valence-corrected chi connectivity index (χ3v) is 2.65. The van der Waals surface area contributed by atoms with Crippen LogP contribution in [0.25, 0.3) is 0 Å². The third-order valence-electron chi connectivity index (χ3n) is 2.65. The van der Waals surface area contributed by atoms with E-state index in [1.165, 1.54) is 0 Å². The van der Waals surface area contributed by atoms with Crippen molar-refractivity contribution in [2.24, 2.45) is 10.1 Å². The first-order valence-electron chi connectivity index (χ1n) is 5.21. The summed E-state index contributed by atoms with van der Waals surface area (Å²) < 4.78 is 0. The average molecular weight is 229 g/mol. The Morgan fingerprint density at radius 1 is 1.24 bits per heavy atom. The van der Waals surface area contributed by atoms with E-state index in [0.717, 1.165) is 11.3 Å². The van der Waals surface area contributed by atoms with Crippen LogP contribution in [0.2, 0.25) is 0 Å². The maximum atomic E-state index is 11.0. The molecule has 2 aliphatic heterocycles. The quantitative estimate of drug-likeness (QED) is 0.755. The first-order valence-corrected chi connectivity index (χ1v) is 5.21. The van der Waals surface area contributed by atoms with Crippen molar-refractivity contribution in [3.63, 3.8) is 0 Å². The van der Waals surface area contributed by atoms with Gasteiger partial charge < -0.3 is 5.11 Å². The van der Waals surface area contributed by atoms with Gasteiger partial charge in [-0.1, -0.05) is 6.07 Å². The Balaban J connectivity index is 1.95. The van der Waals surface area contributed by atoms with Crippen molar-refractivity contribution < 1.29 is 9.90 Å². The van der Waals surface area contributed by atoms with E-state index >= 15 is 0 Å². The zero-order valence-electron chi connectivity index (χ0n) is 8.84. The Morgan fingerprint density at radius 2 is 2.12 bits per heavy atom. The van der Waals surface area contributed by atoms with Crippen molar-refractivity contribution in [1.82, 2.24) is 10.7 Å². The van der Waals surface area contributed by atoms with Gasteiger partial charge in [-0.25, -0.2) is 5.43 Å². The van der Waals surface area contributed by atoms with Gasteiger partial charge in [0.25, 0.3) is 0 Å². The van der Waals surface area contributed by atoms with E-state index < -0.39 is 0 Å². The van der Waals surface area contributed by atoms with Gasteiger partial charge in [0.2, 0.25) is 5.91 Å². The van der Waals surface area contributed by atoms with Crippen molar-refractivity contribution >= 4 is 29.0 Å². The molecule has 0 saturated heterocycles. The predicted molar refractivity (Wildman–Crippen MR) is 61.9 cm³/mol. The summed E-state index contributed by atoms with van der Waals surface area (Å²) in [5.41, 5.74) is 5.42. The SMILES string of the molecule is O=C1CCC(c2ccc3c(c2)N=C(O)[N]3)=NN1. The molecule has 0 unspecified atom stereocenters. The number of hydrogen-bond acceptors (Lipinski definition) is 3. The lowest BCUT2D eigenvalue weighted by Gasteiger charge is -2.12. The smallest absolute Gasteiger partial charge is 0.315 e. The topological polar surface area (TPSA) is 88.2 Å². The standard InChI is InChI=1S/C11H9N4O2/c16-10-4-3-7(14-15-10)6-1-2-8-9(5-6)13-11(17)12-8/h1-2,5H,3-4H2,(H,13,17)(H,15,16). The number of aliphatic hydroxyl groups excluding tert-OH is 1. The molecular weight excluding hydrogens is 220 g/mol. The molecule has 0 saturated carbocycles. The number of nitrogens with one attached hydrogen (secondary N) is 1. The highest BCUT2D eigenvalue weighted by molar-refractivity contribution is 6.05. The lowest BCUT2D eigenvalue weighted by atomic mass is 10.0. The Morgan fingerprint density at radius 3 is 2.88 bits per heavy atom. The molecule has 0 spiro atoms. The van der Waals surface area contributed by atoms with Crippen LogP contribution < -0.4 is 10.7 Å². The van der Waals surface area contributed by atoms with Gasteiger partial charge in [-0.15, -0.1) is 0 Å². The molecule has 6 nitrogen and oxygen atoms in total. The average Bonchev–Trinajstić information content (AvgIpc) is 2.69. The summed E-state index contributed by atoms with van der Waals surface area (Å²) in [4.78, 5) is 14.9. The molecule has 17 heavy (non-hydrogen) atoms. The fourth-order valence-electron chi connectivity index (χ4n) is 1.81. The van der Waals surface area contributed by atoms with Gasteiger partial charge in [-0.2, -0.15) is 15.4 Å². The van der Waals surface area contributed by atoms with Gasteiger partial charge in [0.15, 0.2) is 0 Å². The first-order chi connectivity index (χ1) is 8.22. The Hall–Kier alpha value is -2.37. The normalized spacial score (nSPS) is 17.8. The highest BCUT2D eigenvalue weighted by Crippen LogP contribution is 2.31. The summed E-state index contributed by atoms with van der Waals surface area (Å²) in [5.74, 6) is -0.0689. The Kier molecular flexibility index (Phi) is 2.07. The van der Waals surface area contributed by atoms with E-state index in [0.29, 0.717) is 24.2 Å². The number of hydrogen-bond donors (Lipinski definition) is 2. The molecule has 3 rings (SSSR count). The Bertz CT molecular complexity index is 563. The van der Waals surface area contributed by atoms with Crippen molar-refractivity contribution in [3.8, 4) is 0 Å². The predicted octanol–water partition coefficient (Wildman–Crippen LogP) is 1.10. The largest absolute Gasteiger partial charge is 0.479 e. The van der Waals surface area contributed by atoms with Crippen LogP contribution in [0.4, 0.5) is 11.4 Å². The molecule has 0 aromatic heterocycles. The summed E-state index contributed by atoms with van der Waals surface area (Å²) in [6.07, 6.45) is 1.05. The molecule has 2 N–H and O–H groups in total. The van der Waals surface area contributed by atoms with Crippen LogP contribution in [0.1, 0.15) is 18.4 Å². The van der Waals surface area contributed by atoms with Gasteiger partial charge in [0.1, 0.15) is 0 Å². The van der Waals surface area contributed by atoms with Crippen molar-refractivity contribution in [3.05, 3.63) is 23.8 Å². The van der Waals surface area contributed by atoms with Gasteiger partial charge in [0, 0.05) is 18.4 Å². The van der Waals surface area contributed by atoms with Crippen LogP contribution >= 0.6 is 0 Å². The highest BCUT2D eigenvalue weighted by atomic mass is 16.3. The van der Waals surface area contributed by atoms with Gasteiger partial charge in [0.05, 0.1) is 17.1 Å². The van der Waals surface area contributed by atoms with E-state index in [9.17, 15) is 9.90 Å². The number of benzene rings is 1. The molecule has 6 heteroatoms. The van der Waals surface area contributed by atoms with E-state index in [-0.39, 0.29) is 11.9 Å². The van der Waals surface area contributed by atoms with E-state index in [1.54, 1.807) is 12.1 Å². The second-order valence-electron chi connectivity index (χ2n) is 3.82. The number of fused-ring (bicyclic) bond motifs is 1. The summed E-state index contributed by atoms with van der Waals surface area (Å²) in [6.45, 7) is 0. The lowest BCUT2D eigenvalue weighted by molar-refractivity contribution is -0.121. The van der Waals surface area contributed by atoms with Crippen LogP contribution in [-0.4, -0.2) is 22.7 Å². The minimum Gasteiger partial charge on any atom is -0.479 e. The fourth-order valence-corrected chi connectivity index (χ4v) is 1.81. The van der Waals surface area contributed by atoms with Gasteiger partial charge in [-0.3, -0.25) is 4.79 Å². The molecule has 0 aliphatic carbocycles. The molecule has 2 heterocycles. The number of nitrogens with zero attached hydrogens (tertiary/aromatic N) is 3. The second-order valence-corrected chi connectivity index (χ2v) is 3.82. The molecule has 1 radical (unpaired) electrons. The van der Waals surface area contributed by atoms with Crippen LogP contribution in [0.15, 0.2) is 28.3 Å². The van der Waals surface area contributed by atoms with Gasteiger partial charge in [-0.05, 0) is 12.1 Å². The number of amidine groups is 1. The summed E-state index contributed by atoms with van der Waals surface area (Å²) in [7, 11) is 0. The fraction of sp³-hybridized carbons (Fsp3) is 0.182. The minimum atomic E-state index is -0.226. The highest BCUT2D eigenvalue weighted by Gasteiger charge is 2.18. The van der Waals surface area contributed by atoms with Crippen LogP contribution in [0.5, 0.6) is 0 Å². The van der Waals surface area contributed by atoms with Crippen molar-refractivity contribution in [2.75, 3.05) is 0 Å². The number of aliphatic imine (C=N–C) groups is 1. The van der Waals surface area contributed by atoms with E-state index in [4.69, 9.17) is 0 Å². The number of rotatable bonds is 1.